The summed E-state index contributed by atoms with van der Waals surface area (Å²) in [5, 5.41) is 0. The van der Waals surface area contributed by atoms with Crippen molar-refractivity contribution in [2.75, 3.05) is 0 Å². The molecule has 148 valence electrons. The Morgan fingerprint density at radius 2 is 1.59 bits per heavy atom. The molecule has 0 saturated heterocycles. The molecule has 2 fully saturated rings. The van der Waals surface area contributed by atoms with Crippen LogP contribution >= 0.6 is 0 Å². The van der Waals surface area contributed by atoms with Crippen LogP contribution in [-0.2, 0) is 6.42 Å². The number of alkyl halides is 3. The number of halogens is 5. The van der Waals surface area contributed by atoms with E-state index in [2.05, 4.69) is 6.92 Å². The van der Waals surface area contributed by atoms with Crippen LogP contribution in [0.4, 0.5) is 22.0 Å². The van der Waals surface area contributed by atoms with E-state index in [0.29, 0.717) is 17.9 Å². The van der Waals surface area contributed by atoms with Crippen LogP contribution in [0.5, 0.6) is 0 Å². The fourth-order valence-electron chi connectivity index (χ4n) is 4.88. The quantitative estimate of drug-likeness (QED) is 0.404. The maximum atomic E-state index is 14.0. The predicted octanol–water partition coefficient (Wildman–Crippen LogP) is 6.66. The lowest BCUT2D eigenvalue weighted by Gasteiger charge is -2.41. The Bertz CT molecular complexity index is 701. The lowest BCUT2D eigenvalue weighted by atomic mass is 9.64. The van der Waals surface area contributed by atoms with Crippen LogP contribution in [0.15, 0.2) is 12.1 Å². The second-order valence-electron chi connectivity index (χ2n) is 8.34. The van der Waals surface area contributed by atoms with Gasteiger partial charge in [-0.1, -0.05) is 25.7 Å². The van der Waals surface area contributed by atoms with Crippen molar-refractivity contribution >= 4 is 0 Å². The smallest absolute Gasteiger partial charge is 0.206 e. The van der Waals surface area contributed by atoms with Crippen LogP contribution in [0.1, 0.15) is 63.0 Å². The van der Waals surface area contributed by atoms with Crippen LogP contribution in [0, 0.1) is 47.1 Å². The van der Waals surface area contributed by atoms with Crippen molar-refractivity contribution in [3.8, 4) is 11.8 Å². The van der Waals surface area contributed by atoms with Gasteiger partial charge in [0.15, 0.2) is 0 Å². The molecule has 0 aromatic heterocycles. The van der Waals surface area contributed by atoms with Crippen molar-refractivity contribution in [1.29, 1.82) is 0 Å². The zero-order valence-corrected chi connectivity index (χ0v) is 15.5. The zero-order chi connectivity index (χ0) is 19.6. The molecular weight excluding hydrogens is 359 g/mol. The lowest BCUT2D eigenvalue weighted by molar-refractivity contribution is -0.0696. The molecule has 2 saturated carbocycles. The van der Waals surface area contributed by atoms with Gasteiger partial charge >= 0.3 is 6.18 Å². The van der Waals surface area contributed by atoms with Gasteiger partial charge < -0.3 is 0 Å². The molecule has 0 N–H and O–H groups in total. The topological polar surface area (TPSA) is 0 Å². The number of hydrogen-bond acceptors (Lipinski definition) is 0. The highest BCUT2D eigenvalue weighted by Gasteiger charge is 2.34. The highest BCUT2D eigenvalue weighted by atomic mass is 19.4. The van der Waals surface area contributed by atoms with Crippen LogP contribution < -0.4 is 0 Å². The van der Waals surface area contributed by atoms with Crippen LogP contribution in [0.3, 0.4) is 0 Å². The third kappa shape index (κ3) is 5.46. The minimum Gasteiger partial charge on any atom is -0.206 e. The van der Waals surface area contributed by atoms with E-state index in [1.54, 1.807) is 5.92 Å². The average Bonchev–Trinajstić information content (AvgIpc) is 2.58. The van der Waals surface area contributed by atoms with Gasteiger partial charge in [-0.05, 0) is 79.9 Å². The van der Waals surface area contributed by atoms with Crippen molar-refractivity contribution in [3.63, 3.8) is 0 Å². The molecule has 4 atom stereocenters. The summed E-state index contributed by atoms with van der Waals surface area (Å²) in [6.45, 7) is 2.33. The van der Waals surface area contributed by atoms with E-state index < -0.39 is 23.4 Å². The maximum absolute atomic E-state index is 14.0. The molecule has 0 radical (unpaired) electrons. The molecule has 1 aromatic carbocycles. The predicted molar refractivity (Wildman–Crippen MR) is 94.9 cm³/mol. The minimum absolute atomic E-state index is 0.488. The molecule has 0 aliphatic heterocycles. The molecular formula is C22H25F5. The first-order valence-electron chi connectivity index (χ1n) is 9.79. The maximum Gasteiger partial charge on any atom is 0.458 e. The Labute approximate surface area is 157 Å². The van der Waals surface area contributed by atoms with Gasteiger partial charge in [0, 0.05) is 5.92 Å². The van der Waals surface area contributed by atoms with Crippen molar-refractivity contribution < 1.29 is 22.0 Å². The average molecular weight is 384 g/mol. The SMILES string of the molecule is CC1CCC2CC(CCc3cc(F)c(C#CC(F)(F)F)c(F)c3)CCC2C1. The monoisotopic (exact) mass is 384 g/mol. The molecule has 27 heavy (non-hydrogen) atoms. The van der Waals surface area contributed by atoms with E-state index in [0.717, 1.165) is 48.6 Å². The fraction of sp³-hybridized carbons (Fsp3) is 0.636. The second kappa shape index (κ2) is 8.20. The van der Waals surface area contributed by atoms with Gasteiger partial charge in [0.05, 0.1) is 5.56 Å². The van der Waals surface area contributed by atoms with Gasteiger partial charge in [-0.2, -0.15) is 13.2 Å². The Morgan fingerprint density at radius 1 is 0.963 bits per heavy atom. The van der Waals surface area contributed by atoms with Crippen LogP contribution in [0.25, 0.3) is 0 Å². The first kappa shape index (κ1) is 20.2. The summed E-state index contributed by atoms with van der Waals surface area (Å²) in [4.78, 5) is 0. The molecule has 4 unspecified atom stereocenters. The third-order valence-corrected chi connectivity index (χ3v) is 6.26. The molecule has 0 nitrogen and oxygen atoms in total. The molecule has 2 aliphatic rings. The summed E-state index contributed by atoms with van der Waals surface area (Å²) in [7, 11) is 0. The molecule has 5 heteroatoms. The second-order valence-corrected chi connectivity index (χ2v) is 8.34. The van der Waals surface area contributed by atoms with Gasteiger partial charge in [0.1, 0.15) is 11.6 Å². The highest BCUT2D eigenvalue weighted by Crippen LogP contribution is 2.45. The van der Waals surface area contributed by atoms with Crippen molar-refractivity contribution in [3.05, 3.63) is 34.9 Å². The van der Waals surface area contributed by atoms with E-state index in [4.69, 9.17) is 0 Å². The molecule has 2 aliphatic carbocycles. The molecule has 0 spiro atoms. The summed E-state index contributed by atoms with van der Waals surface area (Å²) >= 11 is 0. The number of aryl methyl sites for hydroxylation is 1. The minimum atomic E-state index is -4.77. The Morgan fingerprint density at radius 3 is 2.26 bits per heavy atom. The van der Waals surface area contributed by atoms with Crippen molar-refractivity contribution in [2.24, 2.45) is 23.7 Å². The van der Waals surface area contributed by atoms with Crippen LogP contribution in [-0.4, -0.2) is 6.18 Å². The van der Waals surface area contributed by atoms with Gasteiger partial charge in [0.2, 0.25) is 0 Å². The molecule has 0 amide bonds. The highest BCUT2D eigenvalue weighted by molar-refractivity contribution is 5.40. The first-order valence-corrected chi connectivity index (χ1v) is 9.79. The zero-order valence-electron chi connectivity index (χ0n) is 15.5. The standard InChI is InChI=1S/C22H25F5/c1-14-2-6-18-11-15(5-7-17(18)10-14)3-4-16-12-20(23)19(21(24)13-16)8-9-22(25,26)27/h12-15,17-18H,2-7,10-11H2,1H3. The van der Waals surface area contributed by atoms with E-state index in [-0.39, 0.29) is 0 Å². The van der Waals surface area contributed by atoms with Gasteiger partial charge in [0.25, 0.3) is 0 Å². The summed E-state index contributed by atoms with van der Waals surface area (Å²) in [5.41, 5.74) is -0.324. The van der Waals surface area contributed by atoms with E-state index >= 15 is 0 Å². The first-order chi connectivity index (χ1) is 12.7. The summed E-state index contributed by atoms with van der Waals surface area (Å²) in [6, 6.07) is 2.24. The number of fused-ring (bicyclic) bond motifs is 1. The third-order valence-electron chi connectivity index (χ3n) is 6.26. The molecule has 3 rings (SSSR count). The molecule has 0 bridgehead atoms. The number of rotatable bonds is 3. The van der Waals surface area contributed by atoms with Gasteiger partial charge in [-0.25, -0.2) is 8.78 Å². The van der Waals surface area contributed by atoms with Crippen molar-refractivity contribution in [2.45, 2.75) is 64.5 Å². The Kier molecular flexibility index (Phi) is 6.13. The van der Waals surface area contributed by atoms with Crippen molar-refractivity contribution in [1.82, 2.24) is 0 Å². The summed E-state index contributed by atoms with van der Waals surface area (Å²) < 4.78 is 64.4. The fourth-order valence-corrected chi connectivity index (χ4v) is 4.88. The molecule has 1 aromatic rings. The number of benzene rings is 1. The summed E-state index contributed by atoms with van der Waals surface area (Å²) in [6.07, 6.45) is 4.15. The normalized spacial score (nSPS) is 28.2. The van der Waals surface area contributed by atoms with E-state index in [9.17, 15) is 22.0 Å². The Balaban J connectivity index is 1.59. The molecule has 0 heterocycles. The largest absolute Gasteiger partial charge is 0.458 e. The number of hydrogen-bond donors (Lipinski definition) is 0. The lowest BCUT2D eigenvalue weighted by Crippen LogP contribution is -2.30. The van der Waals surface area contributed by atoms with Gasteiger partial charge in [-0.3, -0.25) is 0 Å². The summed E-state index contributed by atoms with van der Waals surface area (Å²) in [5.74, 6) is 3.46. The Hall–Kier alpha value is -1.57. The van der Waals surface area contributed by atoms with E-state index in [1.165, 1.54) is 32.1 Å². The van der Waals surface area contributed by atoms with E-state index in [1.807, 2.05) is 0 Å². The van der Waals surface area contributed by atoms with Crippen LogP contribution in [0.2, 0.25) is 0 Å². The van der Waals surface area contributed by atoms with Gasteiger partial charge in [-0.15, -0.1) is 0 Å².